The first-order chi connectivity index (χ1) is 19.8. The molecule has 2 aromatic carbocycles. The molecule has 5 rings (SSSR count). The van der Waals surface area contributed by atoms with Gasteiger partial charge in [0.1, 0.15) is 11.6 Å². The molecule has 1 aliphatic rings. The lowest BCUT2D eigenvalue weighted by Crippen LogP contribution is -2.13. The Morgan fingerprint density at radius 2 is 1.98 bits per heavy atom. The Hall–Kier alpha value is -5.05. The molecule has 4 N–H and O–H groups in total. The molecular formula is C32H30F2N6O. The number of nitrogens with one attached hydrogen (secondary N) is 4. The number of halogens is 2. The van der Waals surface area contributed by atoms with Crippen molar-refractivity contribution in [2.75, 3.05) is 17.2 Å². The molecule has 0 fully saturated rings. The number of anilines is 2. The third kappa shape index (κ3) is 6.24. The molecule has 0 saturated carbocycles. The first kappa shape index (κ1) is 27.5. The largest absolute Gasteiger partial charge is 0.381 e. The van der Waals surface area contributed by atoms with Crippen LogP contribution < -0.4 is 16.0 Å². The Morgan fingerprint density at radius 3 is 2.76 bits per heavy atom. The number of fused-ring (bicyclic) bond motifs is 1. The SMILES string of the molecule is C=C(NCc1ccc(F)c(F)c1)c1cccnc1NC/C=C/c1ccc2c(c1)NC(=O)/C2=C\c1[nH]c(CC)nc1C. The summed E-state index contributed by atoms with van der Waals surface area (Å²) < 4.78 is 26.7. The van der Waals surface area contributed by atoms with E-state index in [2.05, 4.69) is 37.5 Å². The summed E-state index contributed by atoms with van der Waals surface area (Å²) in [6.45, 7) is 8.82. The minimum Gasteiger partial charge on any atom is -0.381 e. The fourth-order valence-corrected chi connectivity index (χ4v) is 4.54. The normalized spacial score (nSPS) is 13.5. The number of H-pyrrole nitrogens is 1. The third-order valence-corrected chi connectivity index (χ3v) is 6.74. The van der Waals surface area contributed by atoms with Crippen LogP contribution in [0.1, 0.15) is 46.4 Å². The molecule has 0 atom stereocenters. The van der Waals surface area contributed by atoms with Crippen LogP contribution in [-0.4, -0.2) is 27.4 Å². The van der Waals surface area contributed by atoms with Crippen molar-refractivity contribution in [3.8, 4) is 0 Å². The van der Waals surface area contributed by atoms with Gasteiger partial charge in [-0.3, -0.25) is 4.79 Å². The number of aryl methyl sites for hydroxylation is 2. The minimum absolute atomic E-state index is 0.143. The third-order valence-electron chi connectivity index (χ3n) is 6.74. The summed E-state index contributed by atoms with van der Waals surface area (Å²) in [5.41, 5.74) is 6.83. The summed E-state index contributed by atoms with van der Waals surface area (Å²) in [4.78, 5) is 24.9. The van der Waals surface area contributed by atoms with Crippen molar-refractivity contribution in [3.63, 3.8) is 0 Å². The Labute approximate surface area is 237 Å². The number of benzene rings is 2. The van der Waals surface area contributed by atoms with E-state index in [4.69, 9.17) is 0 Å². The van der Waals surface area contributed by atoms with Gasteiger partial charge in [0.2, 0.25) is 0 Å². The van der Waals surface area contributed by atoms with Gasteiger partial charge in [0.05, 0.1) is 17.0 Å². The van der Waals surface area contributed by atoms with Crippen molar-refractivity contribution in [2.45, 2.75) is 26.8 Å². The molecule has 0 spiro atoms. The van der Waals surface area contributed by atoms with Gasteiger partial charge in [-0.15, -0.1) is 0 Å². The predicted octanol–water partition coefficient (Wildman–Crippen LogP) is 6.33. The van der Waals surface area contributed by atoms with E-state index in [1.807, 2.05) is 56.3 Å². The monoisotopic (exact) mass is 552 g/mol. The fraction of sp³-hybridized carbons (Fsp3) is 0.156. The van der Waals surface area contributed by atoms with Crippen molar-refractivity contribution in [1.29, 1.82) is 0 Å². The maximum atomic E-state index is 13.5. The average molecular weight is 553 g/mol. The number of imidazole rings is 1. The molecule has 0 bridgehead atoms. The van der Waals surface area contributed by atoms with Gasteiger partial charge in [0, 0.05) is 48.2 Å². The molecule has 0 radical (unpaired) electrons. The van der Waals surface area contributed by atoms with Gasteiger partial charge in [-0.2, -0.15) is 0 Å². The Morgan fingerprint density at radius 1 is 1.12 bits per heavy atom. The maximum absolute atomic E-state index is 13.5. The summed E-state index contributed by atoms with van der Waals surface area (Å²) in [5.74, 6) is -0.381. The number of carbonyl (C=O) groups excluding carboxylic acids is 1. The van der Waals surface area contributed by atoms with Gasteiger partial charge in [0.15, 0.2) is 11.6 Å². The lowest BCUT2D eigenvalue weighted by molar-refractivity contribution is -0.110. The number of hydrogen-bond donors (Lipinski definition) is 4. The van der Waals surface area contributed by atoms with Crippen LogP contribution in [-0.2, 0) is 17.8 Å². The second-order valence-electron chi connectivity index (χ2n) is 9.62. The Kier molecular flexibility index (Phi) is 8.05. The first-order valence-corrected chi connectivity index (χ1v) is 13.3. The topological polar surface area (TPSA) is 94.7 Å². The smallest absolute Gasteiger partial charge is 0.256 e. The number of amides is 1. The van der Waals surface area contributed by atoms with Gasteiger partial charge in [0.25, 0.3) is 5.91 Å². The molecule has 4 aromatic rings. The molecule has 208 valence electrons. The number of pyridine rings is 1. The molecule has 0 unspecified atom stereocenters. The number of rotatable bonds is 10. The molecule has 0 aliphatic carbocycles. The zero-order chi connectivity index (χ0) is 28.9. The highest BCUT2D eigenvalue weighted by Gasteiger charge is 2.24. The fourth-order valence-electron chi connectivity index (χ4n) is 4.54. The number of hydrogen-bond acceptors (Lipinski definition) is 5. The number of carbonyl (C=O) groups is 1. The molecule has 1 aliphatic heterocycles. The lowest BCUT2D eigenvalue weighted by Gasteiger charge is -2.14. The van der Waals surface area contributed by atoms with Crippen molar-refractivity contribution in [1.82, 2.24) is 20.3 Å². The summed E-state index contributed by atoms with van der Waals surface area (Å²) in [6.07, 6.45) is 8.26. The molecule has 9 heteroatoms. The lowest BCUT2D eigenvalue weighted by atomic mass is 10.0. The van der Waals surface area contributed by atoms with Gasteiger partial charge < -0.3 is 20.9 Å². The first-order valence-electron chi connectivity index (χ1n) is 13.3. The molecule has 7 nitrogen and oxygen atoms in total. The molecular weight excluding hydrogens is 522 g/mol. The summed E-state index contributed by atoms with van der Waals surface area (Å²) in [5, 5.41) is 9.39. The number of nitrogens with zero attached hydrogens (tertiary/aromatic N) is 2. The summed E-state index contributed by atoms with van der Waals surface area (Å²) in [7, 11) is 0. The van der Waals surface area contributed by atoms with Crippen LogP contribution in [0.5, 0.6) is 0 Å². The van der Waals surface area contributed by atoms with Gasteiger partial charge in [-0.05, 0) is 54.5 Å². The average Bonchev–Trinajstić information content (AvgIpc) is 3.49. The maximum Gasteiger partial charge on any atom is 0.256 e. The van der Waals surface area contributed by atoms with Crippen molar-refractivity contribution in [3.05, 3.63) is 118 Å². The Balaban J connectivity index is 1.22. The van der Waals surface area contributed by atoms with E-state index in [9.17, 15) is 13.6 Å². The molecule has 3 heterocycles. The highest BCUT2D eigenvalue weighted by atomic mass is 19.2. The van der Waals surface area contributed by atoms with Crippen LogP contribution in [0.15, 0.2) is 67.4 Å². The van der Waals surface area contributed by atoms with E-state index in [1.54, 1.807) is 12.3 Å². The van der Waals surface area contributed by atoms with Crippen LogP contribution in [0, 0.1) is 18.6 Å². The zero-order valence-corrected chi connectivity index (χ0v) is 22.8. The minimum atomic E-state index is -0.886. The number of aromatic nitrogens is 3. The summed E-state index contributed by atoms with van der Waals surface area (Å²) in [6, 6.07) is 13.3. The second kappa shape index (κ2) is 12.0. The van der Waals surface area contributed by atoms with E-state index in [0.717, 1.165) is 58.1 Å². The van der Waals surface area contributed by atoms with Crippen molar-refractivity contribution in [2.24, 2.45) is 0 Å². The van der Waals surface area contributed by atoms with Crippen LogP contribution in [0.3, 0.4) is 0 Å². The molecule has 1 amide bonds. The highest BCUT2D eigenvalue weighted by Crippen LogP contribution is 2.34. The van der Waals surface area contributed by atoms with E-state index in [1.165, 1.54) is 6.07 Å². The predicted molar refractivity (Wildman–Crippen MR) is 160 cm³/mol. The zero-order valence-electron chi connectivity index (χ0n) is 22.8. The van der Waals surface area contributed by atoms with Gasteiger partial charge in [-0.25, -0.2) is 18.7 Å². The molecule has 0 saturated heterocycles. The van der Waals surface area contributed by atoms with E-state index >= 15 is 0 Å². The van der Waals surface area contributed by atoms with E-state index < -0.39 is 11.6 Å². The van der Waals surface area contributed by atoms with Crippen LogP contribution >= 0.6 is 0 Å². The van der Waals surface area contributed by atoms with Crippen LogP contribution in [0.4, 0.5) is 20.3 Å². The van der Waals surface area contributed by atoms with E-state index in [-0.39, 0.29) is 12.5 Å². The quantitative estimate of drug-likeness (QED) is 0.173. The number of aromatic amines is 1. The van der Waals surface area contributed by atoms with Gasteiger partial charge in [-0.1, -0.05) is 43.9 Å². The van der Waals surface area contributed by atoms with E-state index in [0.29, 0.717) is 29.2 Å². The Bertz CT molecular complexity index is 1690. The molecule has 2 aromatic heterocycles. The van der Waals surface area contributed by atoms with Crippen LogP contribution in [0.25, 0.3) is 23.4 Å². The van der Waals surface area contributed by atoms with Crippen molar-refractivity contribution >= 4 is 40.8 Å². The highest BCUT2D eigenvalue weighted by molar-refractivity contribution is 6.34. The summed E-state index contributed by atoms with van der Waals surface area (Å²) >= 11 is 0. The van der Waals surface area contributed by atoms with Crippen molar-refractivity contribution < 1.29 is 13.6 Å². The second-order valence-corrected chi connectivity index (χ2v) is 9.62. The molecule has 41 heavy (non-hydrogen) atoms. The van der Waals surface area contributed by atoms with Gasteiger partial charge >= 0.3 is 0 Å². The van der Waals surface area contributed by atoms with Crippen LogP contribution in [0.2, 0.25) is 0 Å². The standard InChI is InChI=1S/C32H30F2N6O/c1-4-30-38-20(3)28(39-30)17-25-24-11-9-21(16-29(24)40-32(25)41)7-5-13-35-31-23(8-6-14-36-31)19(2)37-18-22-10-12-26(33)27(34)15-22/h5-12,14-17,37H,2,4,13,18H2,1,3H3,(H,35,36)(H,38,39)(H,40,41)/b7-5+,25-17-.